The van der Waals surface area contributed by atoms with Crippen LogP contribution in [0.15, 0.2) is 30.6 Å². The first-order chi connectivity index (χ1) is 10.2. The summed E-state index contributed by atoms with van der Waals surface area (Å²) in [6.45, 7) is 3.48. The monoisotopic (exact) mass is 282 g/mol. The highest BCUT2D eigenvalue weighted by molar-refractivity contribution is 5.93. The summed E-state index contributed by atoms with van der Waals surface area (Å²) in [6.07, 6.45) is 6.03. The second kappa shape index (κ2) is 3.85. The molecule has 5 nitrogen and oxygen atoms in total. The van der Waals surface area contributed by atoms with Crippen molar-refractivity contribution in [2.45, 2.75) is 18.4 Å². The van der Waals surface area contributed by atoms with Gasteiger partial charge in [0.15, 0.2) is 0 Å². The van der Waals surface area contributed by atoms with Gasteiger partial charge < -0.3 is 14.6 Å². The summed E-state index contributed by atoms with van der Waals surface area (Å²) in [5.41, 5.74) is 1.34. The Kier molecular flexibility index (Phi) is 2.16. The molecule has 0 aromatic carbocycles. The minimum atomic E-state index is -0.0261. The standard InChI is InChI=1S/C16H18N4O/c21-15(13-9-20-4-2-1-3-14(20)17-13)18-16-5-11-7-19(10-16)8-12(11)6-16/h1-4,9,11-12H,5-8,10H2,(H,18,21). The molecule has 2 atom stereocenters. The maximum Gasteiger partial charge on any atom is 0.271 e. The molecule has 2 aromatic rings. The lowest BCUT2D eigenvalue weighted by Gasteiger charge is -2.40. The van der Waals surface area contributed by atoms with Gasteiger partial charge >= 0.3 is 0 Å². The number of carbonyl (C=O) groups excluding carboxylic acids is 1. The molecule has 4 aliphatic rings. The van der Waals surface area contributed by atoms with Crippen molar-refractivity contribution in [2.24, 2.45) is 11.8 Å². The minimum absolute atomic E-state index is 0.00127. The van der Waals surface area contributed by atoms with Crippen LogP contribution in [0.3, 0.4) is 0 Å². The number of aromatic nitrogens is 2. The summed E-state index contributed by atoms with van der Waals surface area (Å²) in [7, 11) is 0. The second-order valence-corrected chi connectivity index (χ2v) is 6.95. The third-order valence-corrected chi connectivity index (χ3v) is 5.46. The molecule has 4 fully saturated rings. The average molecular weight is 282 g/mol. The summed E-state index contributed by atoms with van der Waals surface area (Å²) in [4.78, 5) is 19.5. The Labute approximate surface area is 123 Å². The third kappa shape index (κ3) is 1.67. The third-order valence-electron chi connectivity index (χ3n) is 5.46. The predicted molar refractivity (Wildman–Crippen MR) is 78.0 cm³/mol. The van der Waals surface area contributed by atoms with E-state index in [2.05, 4.69) is 15.2 Å². The van der Waals surface area contributed by atoms with Crippen molar-refractivity contribution in [1.29, 1.82) is 0 Å². The van der Waals surface area contributed by atoms with Crippen LogP contribution in [-0.2, 0) is 0 Å². The van der Waals surface area contributed by atoms with E-state index in [1.54, 1.807) is 0 Å². The lowest BCUT2D eigenvalue weighted by molar-refractivity contribution is 0.0796. The van der Waals surface area contributed by atoms with Crippen molar-refractivity contribution in [3.63, 3.8) is 0 Å². The Morgan fingerprint density at radius 1 is 1.29 bits per heavy atom. The summed E-state index contributed by atoms with van der Waals surface area (Å²) in [6, 6.07) is 5.80. The van der Waals surface area contributed by atoms with E-state index in [0.29, 0.717) is 5.69 Å². The molecule has 5 heterocycles. The summed E-state index contributed by atoms with van der Waals surface area (Å²) in [5, 5.41) is 3.31. The Bertz CT molecular complexity index is 684. The van der Waals surface area contributed by atoms with Crippen LogP contribution < -0.4 is 5.32 Å². The van der Waals surface area contributed by atoms with Crippen molar-refractivity contribution < 1.29 is 4.79 Å². The molecular formula is C16H18N4O. The summed E-state index contributed by atoms with van der Waals surface area (Å²) < 4.78 is 1.89. The number of nitrogens with one attached hydrogen (secondary N) is 1. The van der Waals surface area contributed by atoms with Gasteiger partial charge in [0.2, 0.25) is 0 Å². The molecule has 3 saturated heterocycles. The highest BCUT2D eigenvalue weighted by atomic mass is 16.2. The molecule has 2 aromatic heterocycles. The van der Waals surface area contributed by atoms with Gasteiger partial charge in [0.1, 0.15) is 11.3 Å². The maximum absolute atomic E-state index is 12.6. The van der Waals surface area contributed by atoms with E-state index in [0.717, 1.165) is 36.9 Å². The van der Waals surface area contributed by atoms with E-state index >= 15 is 0 Å². The zero-order chi connectivity index (χ0) is 14.0. The molecule has 1 saturated carbocycles. The van der Waals surface area contributed by atoms with Gasteiger partial charge in [-0.1, -0.05) is 6.07 Å². The van der Waals surface area contributed by atoms with Crippen molar-refractivity contribution in [1.82, 2.24) is 19.6 Å². The van der Waals surface area contributed by atoms with Crippen LogP contribution in [0.4, 0.5) is 0 Å². The van der Waals surface area contributed by atoms with Gasteiger partial charge in [-0.05, 0) is 36.8 Å². The largest absolute Gasteiger partial charge is 0.344 e. The molecule has 3 aliphatic heterocycles. The van der Waals surface area contributed by atoms with Crippen LogP contribution in [0.2, 0.25) is 0 Å². The van der Waals surface area contributed by atoms with E-state index in [1.165, 1.54) is 13.1 Å². The van der Waals surface area contributed by atoms with Gasteiger partial charge in [0, 0.05) is 32.0 Å². The fourth-order valence-electron chi connectivity index (χ4n) is 4.76. The van der Waals surface area contributed by atoms with Crippen molar-refractivity contribution in [3.05, 3.63) is 36.3 Å². The zero-order valence-electron chi connectivity index (χ0n) is 11.8. The van der Waals surface area contributed by atoms with Gasteiger partial charge in [0.05, 0.1) is 5.54 Å². The highest BCUT2D eigenvalue weighted by Crippen LogP contribution is 2.49. The first-order valence-corrected chi connectivity index (χ1v) is 7.69. The molecule has 1 amide bonds. The van der Waals surface area contributed by atoms with Crippen LogP contribution in [0.5, 0.6) is 0 Å². The molecule has 4 bridgehead atoms. The van der Waals surface area contributed by atoms with Crippen LogP contribution in [0.1, 0.15) is 23.3 Å². The molecule has 0 spiro atoms. The first kappa shape index (κ1) is 11.7. The van der Waals surface area contributed by atoms with Gasteiger partial charge in [-0.3, -0.25) is 4.79 Å². The molecule has 1 N–H and O–H groups in total. The van der Waals surface area contributed by atoms with Gasteiger partial charge in [-0.25, -0.2) is 4.98 Å². The fraction of sp³-hybridized carbons (Fsp3) is 0.500. The maximum atomic E-state index is 12.6. The number of piperidine rings is 2. The number of amides is 1. The number of nitrogens with zero attached hydrogens (tertiary/aromatic N) is 3. The molecule has 1 aliphatic carbocycles. The van der Waals surface area contributed by atoms with E-state index in [-0.39, 0.29) is 11.4 Å². The van der Waals surface area contributed by atoms with E-state index in [1.807, 2.05) is 35.0 Å². The molecule has 108 valence electrons. The van der Waals surface area contributed by atoms with E-state index in [9.17, 15) is 4.79 Å². The lowest BCUT2D eigenvalue weighted by Crippen LogP contribution is -2.58. The van der Waals surface area contributed by atoms with Gasteiger partial charge in [0.25, 0.3) is 5.91 Å². The van der Waals surface area contributed by atoms with Crippen molar-refractivity contribution >= 4 is 11.6 Å². The number of fused-ring (bicyclic) bond motifs is 1. The Hall–Kier alpha value is -1.88. The van der Waals surface area contributed by atoms with Crippen LogP contribution >= 0.6 is 0 Å². The van der Waals surface area contributed by atoms with Gasteiger partial charge in [-0.2, -0.15) is 0 Å². The fourth-order valence-corrected chi connectivity index (χ4v) is 4.76. The van der Waals surface area contributed by atoms with Crippen LogP contribution in [0, 0.1) is 11.8 Å². The quantitative estimate of drug-likeness (QED) is 0.899. The number of imidazole rings is 1. The SMILES string of the molecule is O=C(NC12CC3CN(CC3C1)C2)c1cn2ccccc2n1. The molecule has 5 heteroatoms. The average Bonchev–Trinajstić information content (AvgIpc) is 3.07. The van der Waals surface area contributed by atoms with Crippen LogP contribution in [-0.4, -0.2) is 45.4 Å². The predicted octanol–water partition coefficient (Wildman–Crippen LogP) is 1.16. The number of pyridine rings is 1. The number of hydrogen-bond acceptors (Lipinski definition) is 3. The van der Waals surface area contributed by atoms with Crippen LogP contribution in [0.25, 0.3) is 5.65 Å². The van der Waals surface area contributed by atoms with E-state index in [4.69, 9.17) is 0 Å². The lowest BCUT2D eigenvalue weighted by atomic mass is 9.90. The second-order valence-electron chi connectivity index (χ2n) is 6.95. The van der Waals surface area contributed by atoms with Crippen molar-refractivity contribution in [3.8, 4) is 0 Å². The minimum Gasteiger partial charge on any atom is -0.344 e. The van der Waals surface area contributed by atoms with E-state index < -0.39 is 0 Å². The molecule has 21 heavy (non-hydrogen) atoms. The Balaban J connectivity index is 1.42. The highest BCUT2D eigenvalue weighted by Gasteiger charge is 2.55. The molecule has 0 radical (unpaired) electrons. The molecule has 6 rings (SSSR count). The normalized spacial score (nSPS) is 36.5. The Morgan fingerprint density at radius 3 is 2.81 bits per heavy atom. The number of rotatable bonds is 2. The number of hydrogen-bond donors (Lipinski definition) is 1. The van der Waals surface area contributed by atoms with Crippen molar-refractivity contribution in [2.75, 3.05) is 19.6 Å². The first-order valence-electron chi connectivity index (χ1n) is 7.69. The topological polar surface area (TPSA) is 49.6 Å². The smallest absolute Gasteiger partial charge is 0.271 e. The summed E-state index contributed by atoms with van der Waals surface area (Å²) >= 11 is 0. The van der Waals surface area contributed by atoms with Gasteiger partial charge in [-0.15, -0.1) is 0 Å². The molecular weight excluding hydrogens is 264 g/mol. The number of carbonyl (C=O) groups is 1. The zero-order valence-corrected chi connectivity index (χ0v) is 11.8. The Morgan fingerprint density at radius 2 is 2.10 bits per heavy atom. The molecule has 2 unspecified atom stereocenters. The summed E-state index contributed by atoms with van der Waals surface area (Å²) in [5.74, 6) is 1.56.